The van der Waals surface area contributed by atoms with Gasteiger partial charge in [-0.1, -0.05) is 25.1 Å². The molecule has 0 amide bonds. The van der Waals surface area contributed by atoms with Crippen molar-refractivity contribution >= 4 is 34.9 Å². The van der Waals surface area contributed by atoms with Gasteiger partial charge < -0.3 is 15.2 Å². The number of carboxylic acids is 1. The van der Waals surface area contributed by atoms with Gasteiger partial charge in [0.2, 0.25) is 5.95 Å². The second-order valence-electron chi connectivity index (χ2n) is 7.77. The predicted octanol–water partition coefficient (Wildman–Crippen LogP) is 6.37. The highest BCUT2D eigenvalue weighted by Crippen LogP contribution is 2.35. The van der Waals surface area contributed by atoms with E-state index in [1.165, 1.54) is 31.4 Å². The Hall–Kier alpha value is -4.30. The van der Waals surface area contributed by atoms with Gasteiger partial charge in [0.25, 0.3) is 0 Å². The van der Waals surface area contributed by atoms with Crippen molar-refractivity contribution in [2.24, 2.45) is 4.99 Å². The molecule has 182 valence electrons. The summed E-state index contributed by atoms with van der Waals surface area (Å²) in [5, 5.41) is 12.7. The number of anilines is 2. The number of halogens is 2. The maximum atomic E-state index is 14.2. The first-order valence-electron chi connectivity index (χ1n) is 10.6. The predicted molar refractivity (Wildman–Crippen MR) is 138 cm³/mol. The van der Waals surface area contributed by atoms with E-state index in [0.717, 1.165) is 11.1 Å². The van der Waals surface area contributed by atoms with E-state index < -0.39 is 11.8 Å². The normalized spacial score (nSPS) is 11.8. The van der Waals surface area contributed by atoms with Crippen molar-refractivity contribution in [3.8, 4) is 17.0 Å². The number of benzene rings is 3. The van der Waals surface area contributed by atoms with Gasteiger partial charge in [-0.2, -0.15) is 0 Å². The third-order valence-corrected chi connectivity index (χ3v) is 5.80. The van der Waals surface area contributed by atoms with Gasteiger partial charge in [0.1, 0.15) is 11.6 Å². The lowest BCUT2D eigenvalue weighted by Crippen LogP contribution is -2.08. The largest absolute Gasteiger partial charge is 0.496 e. The third kappa shape index (κ3) is 4.76. The van der Waals surface area contributed by atoms with Crippen molar-refractivity contribution < 1.29 is 19.0 Å². The van der Waals surface area contributed by atoms with Crippen LogP contribution in [0.25, 0.3) is 11.3 Å². The highest BCUT2D eigenvalue weighted by atomic mass is 35.5. The molecule has 0 atom stereocenters. The summed E-state index contributed by atoms with van der Waals surface area (Å²) in [5.41, 5.74) is 4.76. The molecular weight excluding hydrogens is 483 g/mol. The number of aromatic nitrogens is 2. The SMILES string of the molecule is C.COc1ccc(F)cc1C1=NCc2cnc(Nc3ccc(C(=O)O)cc3)nc2-c2ccc(Cl)cc21. The van der Waals surface area contributed by atoms with E-state index in [9.17, 15) is 9.18 Å². The molecule has 3 aromatic carbocycles. The first kappa shape index (κ1) is 24.8. The summed E-state index contributed by atoms with van der Waals surface area (Å²) in [6.07, 6.45) is 1.68. The molecular formula is C27H22ClFN4O3. The van der Waals surface area contributed by atoms with Crippen LogP contribution in [-0.2, 0) is 6.54 Å². The molecule has 0 unspecified atom stereocenters. The van der Waals surface area contributed by atoms with Crippen LogP contribution in [0.2, 0.25) is 5.02 Å². The number of fused-ring (bicyclic) bond motifs is 3. The number of nitrogens with one attached hydrogen (secondary N) is 1. The average Bonchev–Trinajstić information content (AvgIpc) is 3.00. The van der Waals surface area contributed by atoms with E-state index in [1.807, 2.05) is 6.07 Å². The molecule has 0 spiro atoms. The highest BCUT2D eigenvalue weighted by molar-refractivity contribution is 6.31. The Morgan fingerprint density at radius 2 is 1.83 bits per heavy atom. The second-order valence-corrected chi connectivity index (χ2v) is 8.21. The first-order chi connectivity index (χ1) is 16.9. The van der Waals surface area contributed by atoms with E-state index in [1.54, 1.807) is 36.5 Å². The molecule has 0 fully saturated rings. The Kier molecular flexibility index (Phi) is 6.98. The topological polar surface area (TPSA) is 96.7 Å². The Balaban J connectivity index is 0.00000304. The molecule has 7 nitrogen and oxygen atoms in total. The van der Waals surface area contributed by atoms with Crippen molar-refractivity contribution in [1.29, 1.82) is 0 Å². The highest BCUT2D eigenvalue weighted by Gasteiger charge is 2.24. The van der Waals surface area contributed by atoms with Crippen molar-refractivity contribution in [2.75, 3.05) is 12.4 Å². The molecule has 1 aliphatic rings. The second kappa shape index (κ2) is 10.1. The van der Waals surface area contributed by atoms with Crippen molar-refractivity contribution in [1.82, 2.24) is 9.97 Å². The number of hydrogen-bond donors (Lipinski definition) is 2. The molecule has 0 saturated carbocycles. The zero-order valence-electron chi connectivity index (χ0n) is 18.4. The van der Waals surface area contributed by atoms with Crippen LogP contribution in [-0.4, -0.2) is 33.9 Å². The molecule has 0 saturated heterocycles. The van der Waals surface area contributed by atoms with Crippen LogP contribution in [0.3, 0.4) is 0 Å². The van der Waals surface area contributed by atoms with E-state index in [0.29, 0.717) is 44.9 Å². The molecule has 1 aliphatic heterocycles. The van der Waals surface area contributed by atoms with Crippen LogP contribution >= 0.6 is 11.6 Å². The number of ether oxygens (including phenoxy) is 1. The van der Waals surface area contributed by atoms with Gasteiger partial charge in [-0.05, 0) is 54.6 Å². The van der Waals surface area contributed by atoms with E-state index in [4.69, 9.17) is 31.4 Å². The van der Waals surface area contributed by atoms with Gasteiger partial charge in [-0.3, -0.25) is 4.99 Å². The Morgan fingerprint density at radius 1 is 1.06 bits per heavy atom. The van der Waals surface area contributed by atoms with Crippen molar-refractivity contribution in [3.05, 3.63) is 100.0 Å². The minimum atomic E-state index is -1.00. The molecule has 0 radical (unpaired) electrons. The fourth-order valence-electron chi connectivity index (χ4n) is 3.90. The number of carbonyl (C=O) groups is 1. The van der Waals surface area contributed by atoms with Gasteiger partial charge in [0.05, 0.1) is 30.6 Å². The fourth-order valence-corrected chi connectivity index (χ4v) is 4.08. The standard InChI is InChI=1S/C26H18ClFN4O3.CH4/c1-35-22-9-5-17(28)11-21(22)24-20-10-16(27)4-8-19(20)23-15(12-29-24)13-30-26(32-23)31-18-6-2-14(3-7-18)25(33)34;/h2-11,13H,12H2,1H3,(H,33,34)(H,30,31,32);1H4. The third-order valence-electron chi connectivity index (χ3n) is 5.57. The van der Waals surface area contributed by atoms with Crippen LogP contribution in [0.1, 0.15) is 34.5 Å². The minimum Gasteiger partial charge on any atom is -0.496 e. The first-order valence-corrected chi connectivity index (χ1v) is 11.0. The lowest BCUT2D eigenvalue weighted by atomic mass is 9.95. The summed E-state index contributed by atoms with van der Waals surface area (Å²) < 4.78 is 19.7. The zero-order chi connectivity index (χ0) is 24.5. The van der Waals surface area contributed by atoms with E-state index >= 15 is 0 Å². The van der Waals surface area contributed by atoms with Crippen molar-refractivity contribution in [2.45, 2.75) is 14.0 Å². The van der Waals surface area contributed by atoms with Gasteiger partial charge >= 0.3 is 5.97 Å². The number of aromatic carboxylic acids is 1. The van der Waals surface area contributed by atoms with Crippen LogP contribution in [0.4, 0.5) is 16.0 Å². The maximum Gasteiger partial charge on any atom is 0.335 e. The number of rotatable bonds is 5. The lowest BCUT2D eigenvalue weighted by molar-refractivity contribution is 0.0697. The molecule has 2 N–H and O–H groups in total. The maximum absolute atomic E-state index is 14.2. The summed E-state index contributed by atoms with van der Waals surface area (Å²) in [7, 11) is 1.52. The Bertz CT molecular complexity index is 1490. The van der Waals surface area contributed by atoms with Crippen LogP contribution in [0.15, 0.2) is 71.9 Å². The number of aliphatic imine (C=N–C) groups is 1. The quantitative estimate of drug-likeness (QED) is 0.327. The molecule has 5 rings (SSSR count). The van der Waals surface area contributed by atoms with Gasteiger partial charge in [-0.25, -0.2) is 19.2 Å². The average molecular weight is 505 g/mol. The zero-order valence-corrected chi connectivity index (χ0v) is 19.2. The summed E-state index contributed by atoms with van der Waals surface area (Å²) in [6.45, 7) is 0.268. The van der Waals surface area contributed by atoms with Gasteiger partial charge in [0.15, 0.2) is 0 Å². The molecule has 9 heteroatoms. The van der Waals surface area contributed by atoms with Crippen LogP contribution < -0.4 is 10.1 Å². The molecule has 0 bridgehead atoms. The van der Waals surface area contributed by atoms with E-state index in [2.05, 4.69) is 10.3 Å². The number of nitrogens with zero attached hydrogens (tertiary/aromatic N) is 3. The molecule has 1 aromatic heterocycles. The minimum absolute atomic E-state index is 0. The Morgan fingerprint density at radius 3 is 2.56 bits per heavy atom. The number of carboxylic acid groups (broad SMARTS) is 1. The van der Waals surface area contributed by atoms with E-state index in [-0.39, 0.29) is 19.5 Å². The van der Waals surface area contributed by atoms with Gasteiger partial charge in [-0.15, -0.1) is 0 Å². The molecule has 2 heterocycles. The van der Waals surface area contributed by atoms with Crippen LogP contribution in [0, 0.1) is 5.82 Å². The number of hydrogen-bond acceptors (Lipinski definition) is 6. The smallest absolute Gasteiger partial charge is 0.335 e. The fraction of sp³-hybridized carbons (Fsp3) is 0.111. The summed E-state index contributed by atoms with van der Waals surface area (Å²) in [5.74, 6) is -0.590. The number of methoxy groups -OCH3 is 1. The monoisotopic (exact) mass is 504 g/mol. The lowest BCUT2D eigenvalue weighted by Gasteiger charge is -2.14. The molecule has 0 aliphatic carbocycles. The summed E-state index contributed by atoms with van der Waals surface area (Å²) >= 11 is 6.34. The molecule has 36 heavy (non-hydrogen) atoms. The molecule has 4 aromatic rings. The van der Waals surface area contributed by atoms with Crippen molar-refractivity contribution in [3.63, 3.8) is 0 Å². The summed E-state index contributed by atoms with van der Waals surface area (Å²) in [4.78, 5) is 25.0. The summed E-state index contributed by atoms with van der Waals surface area (Å²) in [6, 6.07) is 15.9. The Labute approximate surface area is 212 Å². The van der Waals surface area contributed by atoms with Gasteiger partial charge in [0, 0.05) is 39.2 Å². The van der Waals surface area contributed by atoms with Crippen LogP contribution in [0.5, 0.6) is 5.75 Å².